The number of guanidine groups is 1. The number of nitrogens with zero attached hydrogens (tertiary/aromatic N) is 4. The van der Waals surface area contributed by atoms with E-state index in [9.17, 15) is 18.0 Å². The normalized spacial score (nSPS) is 17.9. The van der Waals surface area contributed by atoms with Crippen LogP contribution in [0.5, 0.6) is 0 Å². The molecule has 1 atom stereocenters. The van der Waals surface area contributed by atoms with Gasteiger partial charge in [-0.15, -0.1) is 0 Å². The predicted molar refractivity (Wildman–Crippen MR) is 111 cm³/mol. The van der Waals surface area contributed by atoms with Crippen molar-refractivity contribution in [1.82, 2.24) is 9.88 Å². The highest BCUT2D eigenvalue weighted by atomic mass is 19.3. The molecule has 0 aliphatic carbocycles. The number of halogens is 4. The Balaban J connectivity index is 2.03. The minimum Gasteiger partial charge on any atom is -0.369 e. The van der Waals surface area contributed by atoms with Crippen LogP contribution in [0.4, 0.5) is 17.6 Å². The van der Waals surface area contributed by atoms with E-state index in [-0.39, 0.29) is 33.8 Å². The highest BCUT2D eigenvalue weighted by Gasteiger charge is 2.51. The van der Waals surface area contributed by atoms with E-state index >= 15 is 4.39 Å². The number of aromatic nitrogens is 1. The number of nitrogens with two attached hydrogens (primary N) is 1. The molecule has 0 saturated heterocycles. The molecule has 2 aromatic carbocycles. The molecular weight excluding hydrogens is 438 g/mol. The fraction of sp³-hybridized carbons (Fsp3) is 0.130. The van der Waals surface area contributed by atoms with E-state index in [0.717, 1.165) is 23.2 Å². The molecule has 0 spiro atoms. The minimum atomic E-state index is -2.96. The van der Waals surface area contributed by atoms with Gasteiger partial charge in [0.25, 0.3) is 12.3 Å². The number of aliphatic imine (C=N–C) groups is 1. The summed E-state index contributed by atoms with van der Waals surface area (Å²) in [4.78, 5) is 22.0. The van der Waals surface area contributed by atoms with Gasteiger partial charge in [-0.1, -0.05) is 12.1 Å². The van der Waals surface area contributed by atoms with Crippen LogP contribution in [0.25, 0.3) is 11.1 Å². The van der Waals surface area contributed by atoms with Gasteiger partial charge < -0.3 is 5.73 Å². The SMILES string of the molecule is CN1C(=O)C(c2ccnc(C(F)F)c2)(c2cc(-c3cccc(C#N)c3)c(F)cc2F)N=C1N. The van der Waals surface area contributed by atoms with Gasteiger partial charge in [-0.2, -0.15) is 5.26 Å². The maximum Gasteiger partial charge on any atom is 0.280 e. The molecular formula is C23H15F4N5O. The molecule has 3 aromatic rings. The van der Waals surface area contributed by atoms with Crippen molar-refractivity contribution in [2.75, 3.05) is 7.05 Å². The van der Waals surface area contributed by atoms with E-state index in [0.29, 0.717) is 6.07 Å². The van der Waals surface area contributed by atoms with Crippen molar-refractivity contribution in [1.29, 1.82) is 5.26 Å². The Hall–Kier alpha value is -4.26. The first kappa shape index (κ1) is 22.0. The molecule has 10 heteroatoms. The number of rotatable bonds is 4. The third kappa shape index (κ3) is 3.47. The lowest BCUT2D eigenvalue weighted by atomic mass is 9.81. The van der Waals surface area contributed by atoms with Crippen molar-refractivity contribution in [3.8, 4) is 17.2 Å². The van der Waals surface area contributed by atoms with Crippen molar-refractivity contribution < 1.29 is 22.4 Å². The molecule has 0 fully saturated rings. The second-order valence-corrected chi connectivity index (χ2v) is 7.32. The Bertz CT molecular complexity index is 1350. The molecule has 2 heterocycles. The Morgan fingerprint density at radius 2 is 1.88 bits per heavy atom. The predicted octanol–water partition coefficient (Wildman–Crippen LogP) is 3.87. The van der Waals surface area contributed by atoms with Crippen molar-refractivity contribution in [3.63, 3.8) is 0 Å². The number of carbonyl (C=O) groups excluding carboxylic acids is 1. The summed E-state index contributed by atoms with van der Waals surface area (Å²) in [6.07, 6.45) is -1.91. The highest BCUT2D eigenvalue weighted by molar-refractivity contribution is 6.09. The lowest BCUT2D eigenvalue weighted by Crippen LogP contribution is -2.41. The summed E-state index contributed by atoms with van der Waals surface area (Å²) in [5.74, 6) is -3.15. The van der Waals surface area contributed by atoms with E-state index in [1.165, 1.54) is 37.4 Å². The summed E-state index contributed by atoms with van der Waals surface area (Å²) >= 11 is 0. The Morgan fingerprint density at radius 3 is 2.52 bits per heavy atom. The first-order valence-corrected chi connectivity index (χ1v) is 9.57. The molecule has 2 N–H and O–H groups in total. The smallest absolute Gasteiger partial charge is 0.280 e. The largest absolute Gasteiger partial charge is 0.369 e. The van der Waals surface area contributed by atoms with Crippen LogP contribution in [-0.4, -0.2) is 28.8 Å². The Morgan fingerprint density at radius 1 is 1.12 bits per heavy atom. The molecule has 33 heavy (non-hydrogen) atoms. The summed E-state index contributed by atoms with van der Waals surface area (Å²) in [5.41, 5.74) is 2.91. The summed E-state index contributed by atoms with van der Waals surface area (Å²) in [7, 11) is 1.30. The zero-order chi connectivity index (χ0) is 23.9. The van der Waals surface area contributed by atoms with Crippen LogP contribution in [0.3, 0.4) is 0 Å². The minimum absolute atomic E-state index is 0.104. The number of pyridine rings is 1. The zero-order valence-corrected chi connectivity index (χ0v) is 17.1. The lowest BCUT2D eigenvalue weighted by Gasteiger charge is -2.27. The number of benzene rings is 2. The Labute approximate surface area is 185 Å². The molecule has 1 aliphatic heterocycles. The van der Waals surface area contributed by atoms with Crippen LogP contribution >= 0.6 is 0 Å². The van der Waals surface area contributed by atoms with E-state index in [1.54, 1.807) is 0 Å². The molecule has 1 amide bonds. The molecule has 1 aromatic heterocycles. The fourth-order valence-electron chi connectivity index (χ4n) is 3.76. The maximum atomic E-state index is 15.2. The van der Waals surface area contributed by atoms with Crippen molar-refractivity contribution in [2.45, 2.75) is 12.0 Å². The number of hydrogen-bond acceptors (Lipinski definition) is 5. The Kier molecular flexibility index (Phi) is 5.33. The molecule has 0 radical (unpaired) electrons. The third-order valence-electron chi connectivity index (χ3n) is 5.41. The van der Waals surface area contributed by atoms with E-state index < -0.39 is 35.2 Å². The molecule has 1 aliphatic rings. The van der Waals surface area contributed by atoms with Crippen LogP contribution in [0.1, 0.15) is 28.8 Å². The van der Waals surface area contributed by atoms with Gasteiger partial charge in [0.15, 0.2) is 11.5 Å². The van der Waals surface area contributed by atoms with Gasteiger partial charge in [0.1, 0.15) is 17.3 Å². The van der Waals surface area contributed by atoms with Gasteiger partial charge in [-0.25, -0.2) is 22.6 Å². The van der Waals surface area contributed by atoms with Gasteiger partial charge in [-0.3, -0.25) is 14.7 Å². The topological polar surface area (TPSA) is 95.4 Å². The van der Waals surface area contributed by atoms with Gasteiger partial charge in [-0.05, 0) is 41.5 Å². The monoisotopic (exact) mass is 453 g/mol. The molecule has 1 unspecified atom stereocenters. The standard InChI is InChI=1S/C23H15F4N5O/c1-32-21(33)23(31-22(32)29,14-5-6-30-19(8-14)20(26)27)16-9-15(17(24)10-18(16)25)13-4-2-3-12(7-13)11-28/h2-10,20H,1H3,(H2,29,31). The van der Waals surface area contributed by atoms with Crippen molar-refractivity contribution in [3.05, 3.63) is 88.7 Å². The summed E-state index contributed by atoms with van der Waals surface area (Å²) < 4.78 is 56.7. The molecule has 0 bridgehead atoms. The first-order valence-electron chi connectivity index (χ1n) is 9.57. The van der Waals surface area contributed by atoms with Gasteiger partial charge in [0.2, 0.25) is 0 Å². The van der Waals surface area contributed by atoms with Gasteiger partial charge >= 0.3 is 0 Å². The number of alkyl halides is 2. The average Bonchev–Trinajstić information content (AvgIpc) is 3.04. The second-order valence-electron chi connectivity index (χ2n) is 7.32. The molecule has 166 valence electrons. The number of carbonyl (C=O) groups is 1. The maximum absolute atomic E-state index is 15.2. The van der Waals surface area contributed by atoms with Gasteiger partial charge in [0.05, 0.1) is 11.6 Å². The lowest BCUT2D eigenvalue weighted by molar-refractivity contribution is -0.129. The number of likely N-dealkylation sites (N-methyl/N-ethyl adjacent to an activating group) is 1. The first-order chi connectivity index (χ1) is 15.7. The number of hydrogen-bond donors (Lipinski definition) is 1. The quantitative estimate of drug-likeness (QED) is 0.607. The summed E-state index contributed by atoms with van der Waals surface area (Å²) in [5, 5.41) is 9.15. The van der Waals surface area contributed by atoms with E-state index in [4.69, 9.17) is 11.0 Å². The second kappa shape index (κ2) is 8.02. The molecule has 4 rings (SSSR count). The highest BCUT2D eigenvalue weighted by Crippen LogP contribution is 2.43. The summed E-state index contributed by atoms with van der Waals surface area (Å²) in [6, 6.07) is 11.7. The van der Waals surface area contributed by atoms with E-state index in [1.807, 2.05) is 6.07 Å². The fourth-order valence-corrected chi connectivity index (χ4v) is 3.76. The number of amides is 1. The van der Waals surface area contributed by atoms with Crippen LogP contribution < -0.4 is 5.73 Å². The molecule has 6 nitrogen and oxygen atoms in total. The molecule has 0 saturated carbocycles. The van der Waals surface area contributed by atoms with Crippen molar-refractivity contribution in [2.24, 2.45) is 10.7 Å². The summed E-state index contributed by atoms with van der Waals surface area (Å²) in [6.45, 7) is 0. The zero-order valence-electron chi connectivity index (χ0n) is 17.1. The van der Waals surface area contributed by atoms with Crippen LogP contribution in [-0.2, 0) is 10.3 Å². The van der Waals surface area contributed by atoms with Crippen LogP contribution in [0.2, 0.25) is 0 Å². The van der Waals surface area contributed by atoms with E-state index in [2.05, 4.69) is 9.98 Å². The van der Waals surface area contributed by atoms with Crippen LogP contribution in [0, 0.1) is 23.0 Å². The third-order valence-corrected chi connectivity index (χ3v) is 5.41. The van der Waals surface area contributed by atoms with Gasteiger partial charge in [0, 0.05) is 30.4 Å². The number of nitriles is 1. The van der Waals surface area contributed by atoms with Crippen LogP contribution in [0.15, 0.2) is 59.7 Å². The van der Waals surface area contributed by atoms with Crippen molar-refractivity contribution >= 4 is 11.9 Å². The average molecular weight is 453 g/mol.